The van der Waals surface area contributed by atoms with Crippen molar-refractivity contribution in [2.75, 3.05) is 13.2 Å². The second-order valence-electron chi connectivity index (χ2n) is 4.24. The highest BCUT2D eigenvalue weighted by molar-refractivity contribution is 6.04. The number of benzene rings is 1. The number of carbonyl (C=O) groups excluding carboxylic acids is 1. The maximum absolute atomic E-state index is 12.3. The predicted octanol–water partition coefficient (Wildman–Crippen LogP) is 2.01. The molecule has 3 nitrogen and oxygen atoms in total. The number of ether oxygens (including phenoxy) is 1. The zero-order valence-electron chi connectivity index (χ0n) is 9.53. The molecule has 86 valence electrons. The lowest BCUT2D eigenvalue weighted by Crippen LogP contribution is -2.25. The maximum Gasteiger partial charge on any atom is 0.173 e. The van der Waals surface area contributed by atoms with Gasteiger partial charge in [0.05, 0.1) is 12.2 Å². The molecule has 0 aromatic heterocycles. The van der Waals surface area contributed by atoms with Gasteiger partial charge < -0.3 is 10.5 Å². The Morgan fingerprint density at radius 3 is 2.69 bits per heavy atom. The van der Waals surface area contributed by atoms with Crippen molar-refractivity contribution < 1.29 is 9.53 Å². The van der Waals surface area contributed by atoms with E-state index in [2.05, 4.69) is 0 Å². The second-order valence-corrected chi connectivity index (χ2v) is 4.24. The van der Waals surface area contributed by atoms with Crippen LogP contribution in [0.25, 0.3) is 0 Å². The quantitative estimate of drug-likeness (QED) is 0.771. The number of para-hydroxylation sites is 1. The van der Waals surface area contributed by atoms with Crippen LogP contribution >= 0.6 is 0 Å². The molecule has 0 aliphatic heterocycles. The summed E-state index contributed by atoms with van der Waals surface area (Å²) in [5, 5.41) is 0. The molecule has 1 aromatic rings. The molecule has 0 heterocycles. The van der Waals surface area contributed by atoms with Gasteiger partial charge in [0.2, 0.25) is 0 Å². The third kappa shape index (κ3) is 1.83. The first-order chi connectivity index (χ1) is 7.73. The van der Waals surface area contributed by atoms with E-state index in [-0.39, 0.29) is 11.2 Å². The Labute approximate surface area is 95.6 Å². The van der Waals surface area contributed by atoms with Gasteiger partial charge in [-0.3, -0.25) is 4.79 Å². The van der Waals surface area contributed by atoms with Gasteiger partial charge in [-0.1, -0.05) is 12.1 Å². The zero-order chi connectivity index (χ0) is 11.6. The fraction of sp³-hybridized carbons (Fsp3) is 0.462. The summed E-state index contributed by atoms with van der Waals surface area (Å²) < 4.78 is 5.46. The van der Waals surface area contributed by atoms with Gasteiger partial charge in [0, 0.05) is 12.0 Å². The first-order valence-electron chi connectivity index (χ1n) is 5.70. The molecule has 1 aliphatic carbocycles. The molecule has 0 atom stereocenters. The molecule has 0 radical (unpaired) electrons. The second kappa shape index (κ2) is 4.26. The van der Waals surface area contributed by atoms with E-state index in [1.54, 1.807) is 0 Å². The predicted molar refractivity (Wildman–Crippen MR) is 62.7 cm³/mol. The molecule has 0 amide bonds. The lowest BCUT2D eigenvalue weighted by Gasteiger charge is -2.14. The molecule has 16 heavy (non-hydrogen) atoms. The Kier molecular flexibility index (Phi) is 2.97. The Hall–Kier alpha value is -1.35. The summed E-state index contributed by atoms with van der Waals surface area (Å²) in [5.74, 6) is 0.814. The van der Waals surface area contributed by atoms with Crippen molar-refractivity contribution in [3.63, 3.8) is 0 Å². The van der Waals surface area contributed by atoms with Crippen molar-refractivity contribution >= 4 is 5.78 Å². The van der Waals surface area contributed by atoms with Crippen molar-refractivity contribution in [2.24, 2.45) is 11.1 Å². The zero-order valence-corrected chi connectivity index (χ0v) is 9.53. The summed E-state index contributed by atoms with van der Waals surface area (Å²) in [6, 6.07) is 7.40. The Morgan fingerprint density at radius 2 is 2.12 bits per heavy atom. The van der Waals surface area contributed by atoms with Crippen molar-refractivity contribution in [2.45, 2.75) is 19.8 Å². The van der Waals surface area contributed by atoms with Crippen LogP contribution < -0.4 is 10.5 Å². The van der Waals surface area contributed by atoms with Gasteiger partial charge in [0.15, 0.2) is 5.78 Å². The number of ketones is 1. The van der Waals surface area contributed by atoms with E-state index in [1.165, 1.54) is 0 Å². The van der Waals surface area contributed by atoms with Gasteiger partial charge in [-0.15, -0.1) is 0 Å². The third-order valence-electron chi connectivity index (χ3n) is 3.16. The van der Waals surface area contributed by atoms with Crippen molar-refractivity contribution in [3.8, 4) is 5.75 Å². The van der Waals surface area contributed by atoms with E-state index >= 15 is 0 Å². The summed E-state index contributed by atoms with van der Waals surface area (Å²) in [7, 11) is 0. The molecule has 0 unspecified atom stereocenters. The van der Waals surface area contributed by atoms with Gasteiger partial charge >= 0.3 is 0 Å². The molecule has 1 fully saturated rings. The smallest absolute Gasteiger partial charge is 0.173 e. The number of hydrogen-bond donors (Lipinski definition) is 1. The number of carbonyl (C=O) groups is 1. The molecule has 3 heteroatoms. The van der Waals surface area contributed by atoms with Crippen molar-refractivity contribution in [1.29, 1.82) is 0 Å². The molecule has 0 spiro atoms. The van der Waals surface area contributed by atoms with Crippen LogP contribution in [0.5, 0.6) is 5.75 Å². The molecule has 0 saturated heterocycles. The Bertz CT molecular complexity index is 397. The van der Waals surface area contributed by atoms with Crippen molar-refractivity contribution in [3.05, 3.63) is 29.8 Å². The number of nitrogens with two attached hydrogens (primary N) is 1. The maximum atomic E-state index is 12.3. The van der Waals surface area contributed by atoms with Crippen LogP contribution in [0.2, 0.25) is 0 Å². The summed E-state index contributed by atoms with van der Waals surface area (Å²) >= 11 is 0. The van der Waals surface area contributed by atoms with Crippen molar-refractivity contribution in [1.82, 2.24) is 0 Å². The van der Waals surface area contributed by atoms with Gasteiger partial charge in [-0.25, -0.2) is 0 Å². The van der Waals surface area contributed by atoms with Gasteiger partial charge in [0.1, 0.15) is 5.75 Å². The fourth-order valence-corrected chi connectivity index (χ4v) is 1.90. The normalized spacial score (nSPS) is 16.9. The van der Waals surface area contributed by atoms with Crippen LogP contribution in [-0.2, 0) is 0 Å². The molecule has 1 saturated carbocycles. The highest BCUT2D eigenvalue weighted by Gasteiger charge is 2.49. The third-order valence-corrected chi connectivity index (χ3v) is 3.16. The summed E-state index contributed by atoms with van der Waals surface area (Å²) in [6.45, 7) is 2.92. The van der Waals surface area contributed by atoms with Crippen LogP contribution in [0.1, 0.15) is 30.1 Å². The highest BCUT2D eigenvalue weighted by atomic mass is 16.5. The minimum Gasteiger partial charge on any atom is -0.493 e. The first-order valence-corrected chi connectivity index (χ1v) is 5.70. The average Bonchev–Trinajstić information content (AvgIpc) is 3.10. The monoisotopic (exact) mass is 219 g/mol. The minimum atomic E-state index is -0.298. The lowest BCUT2D eigenvalue weighted by atomic mass is 9.94. The highest BCUT2D eigenvalue weighted by Crippen LogP contribution is 2.48. The number of rotatable bonds is 5. The molecular weight excluding hydrogens is 202 g/mol. The molecule has 2 N–H and O–H groups in total. The van der Waals surface area contributed by atoms with Gasteiger partial charge in [0.25, 0.3) is 0 Å². The van der Waals surface area contributed by atoms with E-state index in [4.69, 9.17) is 10.5 Å². The molecule has 1 aromatic carbocycles. The van der Waals surface area contributed by atoms with E-state index in [0.717, 1.165) is 12.8 Å². The topological polar surface area (TPSA) is 52.3 Å². The molecular formula is C13H17NO2. The SMILES string of the molecule is CCOc1ccccc1C(=O)C1(CN)CC1. The molecule has 0 bridgehead atoms. The Morgan fingerprint density at radius 1 is 1.44 bits per heavy atom. The molecule has 2 rings (SSSR count). The number of Topliss-reactive ketones (excluding diaryl/α,β-unsaturated/α-hetero) is 1. The largest absolute Gasteiger partial charge is 0.493 e. The van der Waals surface area contributed by atoms with E-state index < -0.39 is 0 Å². The number of hydrogen-bond acceptors (Lipinski definition) is 3. The van der Waals surface area contributed by atoms with Crippen LogP contribution in [-0.4, -0.2) is 18.9 Å². The summed E-state index contributed by atoms with van der Waals surface area (Å²) in [5.41, 5.74) is 6.04. The fourth-order valence-electron chi connectivity index (χ4n) is 1.90. The summed E-state index contributed by atoms with van der Waals surface area (Å²) in [6.07, 6.45) is 1.81. The van der Waals surface area contributed by atoms with Gasteiger partial charge in [-0.05, 0) is 31.9 Å². The Balaban J connectivity index is 2.29. The standard InChI is InChI=1S/C13H17NO2/c1-2-16-11-6-4-3-5-10(11)12(15)13(9-14)7-8-13/h3-6H,2,7-9,14H2,1H3. The van der Waals surface area contributed by atoms with E-state index in [9.17, 15) is 4.79 Å². The van der Waals surface area contributed by atoms with E-state index in [0.29, 0.717) is 24.5 Å². The van der Waals surface area contributed by atoms with Crippen LogP contribution in [0.3, 0.4) is 0 Å². The van der Waals surface area contributed by atoms with Gasteiger partial charge in [-0.2, -0.15) is 0 Å². The average molecular weight is 219 g/mol. The molecule has 1 aliphatic rings. The summed E-state index contributed by atoms with van der Waals surface area (Å²) in [4.78, 5) is 12.3. The lowest BCUT2D eigenvalue weighted by molar-refractivity contribution is 0.0902. The van der Waals surface area contributed by atoms with Crippen LogP contribution in [0, 0.1) is 5.41 Å². The first kappa shape index (κ1) is 11.1. The minimum absolute atomic E-state index is 0.138. The van der Waals surface area contributed by atoms with E-state index in [1.807, 2.05) is 31.2 Å². The van der Waals surface area contributed by atoms with Crippen LogP contribution in [0.4, 0.5) is 0 Å². The van der Waals surface area contributed by atoms with Crippen LogP contribution in [0.15, 0.2) is 24.3 Å².